The maximum Gasteiger partial charge on any atom is 0.276 e. The minimum Gasteiger partial charge on any atom is -0.312 e. The van der Waals surface area contributed by atoms with Crippen LogP contribution in [0.1, 0.15) is 0 Å². The van der Waals surface area contributed by atoms with Crippen molar-refractivity contribution in [1.82, 2.24) is 19.5 Å². The first-order chi connectivity index (χ1) is 7.83. The lowest BCUT2D eigenvalue weighted by molar-refractivity contribution is 0.606. The van der Waals surface area contributed by atoms with E-state index in [1.54, 1.807) is 39.8 Å². The fraction of sp³-hybridized carbons (Fsp3) is 0.273. The first kappa shape index (κ1) is 10.6. The number of aromatic nitrogens is 3. The number of nitrogens with zero attached hydrogens (tertiary/aromatic N) is 3. The molecule has 0 aliphatic heterocycles. The molecule has 2 rings (SSSR count). The van der Waals surface area contributed by atoms with E-state index >= 15 is 0 Å². The second-order valence-electron chi connectivity index (χ2n) is 3.45. The normalized spacial score (nSPS) is 10.8. The van der Waals surface area contributed by atoms with Crippen LogP contribution in [0.25, 0.3) is 5.52 Å². The summed E-state index contributed by atoms with van der Waals surface area (Å²) in [5.74, 6) is 0. The van der Waals surface area contributed by atoms with Gasteiger partial charge in [0.05, 0.1) is 6.20 Å². The minimum atomic E-state index is -0.0135. The largest absolute Gasteiger partial charge is 0.312 e. The van der Waals surface area contributed by atoms with Crippen LogP contribution in [0.4, 0.5) is 0 Å². The van der Waals surface area contributed by atoms with E-state index in [2.05, 4.69) is 17.0 Å². The Bertz CT molecular complexity index is 540. The van der Waals surface area contributed by atoms with Crippen molar-refractivity contribution >= 4 is 5.52 Å². The third kappa shape index (κ3) is 2.04. The van der Waals surface area contributed by atoms with Gasteiger partial charge in [0.15, 0.2) is 0 Å². The van der Waals surface area contributed by atoms with Crippen molar-refractivity contribution in [2.75, 3.05) is 13.1 Å². The molecule has 0 aliphatic rings. The van der Waals surface area contributed by atoms with Crippen molar-refractivity contribution in [3.63, 3.8) is 0 Å². The summed E-state index contributed by atoms with van der Waals surface area (Å²) in [5, 5.41) is 7.16. The zero-order chi connectivity index (χ0) is 11.4. The topological polar surface area (TPSA) is 51.3 Å². The standard InChI is InChI=1S/C11H14N4O/c1-2-4-12-6-7-14-8-9-15-10(11(14)16)3-5-13-15/h2-3,5,8-9,12H,1,4,6-7H2. The van der Waals surface area contributed by atoms with E-state index in [0.717, 1.165) is 13.1 Å². The van der Waals surface area contributed by atoms with Crippen molar-refractivity contribution in [1.29, 1.82) is 0 Å². The van der Waals surface area contributed by atoms with Crippen LogP contribution in [0.5, 0.6) is 0 Å². The monoisotopic (exact) mass is 218 g/mol. The summed E-state index contributed by atoms with van der Waals surface area (Å²) in [7, 11) is 0. The molecule has 0 saturated carbocycles. The Morgan fingerprint density at radius 2 is 2.38 bits per heavy atom. The van der Waals surface area contributed by atoms with Crippen molar-refractivity contribution in [2.45, 2.75) is 6.54 Å². The molecule has 0 aliphatic carbocycles. The molecular weight excluding hydrogens is 204 g/mol. The molecule has 84 valence electrons. The summed E-state index contributed by atoms with van der Waals surface area (Å²) in [4.78, 5) is 11.9. The number of nitrogens with one attached hydrogen (secondary N) is 1. The van der Waals surface area contributed by atoms with Gasteiger partial charge in [-0.1, -0.05) is 6.08 Å². The second kappa shape index (κ2) is 4.76. The van der Waals surface area contributed by atoms with Crippen LogP contribution in [-0.2, 0) is 6.54 Å². The van der Waals surface area contributed by atoms with Crippen molar-refractivity contribution in [2.24, 2.45) is 0 Å². The third-order valence-corrected chi connectivity index (χ3v) is 2.36. The van der Waals surface area contributed by atoms with E-state index in [1.807, 2.05) is 0 Å². The molecule has 0 saturated heterocycles. The van der Waals surface area contributed by atoms with Gasteiger partial charge in [0.2, 0.25) is 0 Å². The Hall–Kier alpha value is -1.88. The van der Waals surface area contributed by atoms with Gasteiger partial charge in [-0.15, -0.1) is 6.58 Å². The zero-order valence-electron chi connectivity index (χ0n) is 8.97. The lowest BCUT2D eigenvalue weighted by Gasteiger charge is -2.06. The number of rotatable bonds is 5. The maximum atomic E-state index is 11.9. The molecule has 0 fully saturated rings. The van der Waals surface area contributed by atoms with Gasteiger partial charge < -0.3 is 9.88 Å². The van der Waals surface area contributed by atoms with Crippen LogP contribution in [0.15, 0.2) is 42.1 Å². The van der Waals surface area contributed by atoms with E-state index in [-0.39, 0.29) is 5.56 Å². The maximum absolute atomic E-state index is 11.9. The quantitative estimate of drug-likeness (QED) is 0.579. The molecule has 5 nitrogen and oxygen atoms in total. The highest BCUT2D eigenvalue weighted by Crippen LogP contribution is 1.93. The number of fused-ring (bicyclic) bond motifs is 1. The first-order valence-corrected chi connectivity index (χ1v) is 5.17. The predicted molar refractivity (Wildman–Crippen MR) is 62.5 cm³/mol. The van der Waals surface area contributed by atoms with Crippen LogP contribution in [0.3, 0.4) is 0 Å². The molecule has 1 N–H and O–H groups in total. The third-order valence-electron chi connectivity index (χ3n) is 2.36. The molecule has 2 heterocycles. The summed E-state index contributed by atoms with van der Waals surface area (Å²) in [6, 6.07) is 1.72. The minimum absolute atomic E-state index is 0.0135. The Morgan fingerprint density at radius 1 is 1.50 bits per heavy atom. The summed E-state index contributed by atoms with van der Waals surface area (Å²) in [6.07, 6.45) is 6.95. The summed E-state index contributed by atoms with van der Waals surface area (Å²) >= 11 is 0. The van der Waals surface area contributed by atoms with Gasteiger partial charge in [0.1, 0.15) is 5.52 Å². The van der Waals surface area contributed by atoms with Gasteiger partial charge in [-0.3, -0.25) is 4.79 Å². The van der Waals surface area contributed by atoms with Crippen LogP contribution >= 0.6 is 0 Å². The molecule has 0 bridgehead atoms. The lowest BCUT2D eigenvalue weighted by atomic mass is 10.5. The zero-order valence-corrected chi connectivity index (χ0v) is 8.97. The van der Waals surface area contributed by atoms with Gasteiger partial charge in [-0.2, -0.15) is 5.10 Å². The molecule has 0 unspecified atom stereocenters. The molecule has 0 atom stereocenters. The van der Waals surface area contributed by atoms with Crippen molar-refractivity contribution in [3.8, 4) is 0 Å². The van der Waals surface area contributed by atoms with Crippen LogP contribution in [-0.4, -0.2) is 27.3 Å². The molecule has 0 spiro atoms. The SMILES string of the molecule is C=CCNCCn1ccn2nccc2c1=O. The molecule has 0 amide bonds. The lowest BCUT2D eigenvalue weighted by Crippen LogP contribution is -2.27. The number of hydrogen-bond donors (Lipinski definition) is 1. The predicted octanol–water partition coefficient (Wildman–Crippen LogP) is 0.272. The highest BCUT2D eigenvalue weighted by molar-refractivity contribution is 5.42. The molecular formula is C11H14N4O. The highest BCUT2D eigenvalue weighted by atomic mass is 16.1. The van der Waals surface area contributed by atoms with Gasteiger partial charge >= 0.3 is 0 Å². The molecule has 0 aromatic carbocycles. The fourth-order valence-corrected chi connectivity index (χ4v) is 1.54. The van der Waals surface area contributed by atoms with Crippen molar-refractivity contribution in [3.05, 3.63) is 47.7 Å². The molecule has 16 heavy (non-hydrogen) atoms. The Morgan fingerprint density at radius 3 is 3.19 bits per heavy atom. The molecule has 2 aromatic heterocycles. The molecule has 5 heteroatoms. The van der Waals surface area contributed by atoms with Gasteiger partial charge in [0, 0.05) is 32.0 Å². The van der Waals surface area contributed by atoms with Gasteiger partial charge in [0.25, 0.3) is 5.56 Å². The van der Waals surface area contributed by atoms with E-state index in [9.17, 15) is 4.79 Å². The summed E-state index contributed by atoms with van der Waals surface area (Å²) in [6.45, 7) is 5.76. The van der Waals surface area contributed by atoms with Crippen LogP contribution in [0, 0.1) is 0 Å². The first-order valence-electron chi connectivity index (χ1n) is 5.17. The molecule has 0 radical (unpaired) electrons. The van der Waals surface area contributed by atoms with E-state index < -0.39 is 0 Å². The van der Waals surface area contributed by atoms with E-state index in [4.69, 9.17) is 0 Å². The molecule has 2 aromatic rings. The van der Waals surface area contributed by atoms with Gasteiger partial charge in [-0.25, -0.2) is 4.52 Å². The Labute approximate surface area is 93.0 Å². The van der Waals surface area contributed by atoms with Crippen LogP contribution < -0.4 is 10.9 Å². The van der Waals surface area contributed by atoms with Crippen molar-refractivity contribution < 1.29 is 0 Å². The summed E-state index contributed by atoms with van der Waals surface area (Å²) in [5.41, 5.74) is 0.589. The van der Waals surface area contributed by atoms with E-state index in [0.29, 0.717) is 12.1 Å². The average Bonchev–Trinajstić information content (AvgIpc) is 2.76. The smallest absolute Gasteiger partial charge is 0.276 e. The van der Waals surface area contributed by atoms with Gasteiger partial charge in [-0.05, 0) is 6.07 Å². The second-order valence-corrected chi connectivity index (χ2v) is 3.45. The van der Waals surface area contributed by atoms with E-state index in [1.165, 1.54) is 0 Å². The fourth-order valence-electron chi connectivity index (χ4n) is 1.54. The average molecular weight is 218 g/mol. The van der Waals surface area contributed by atoms with Crippen LogP contribution in [0.2, 0.25) is 0 Å². The summed E-state index contributed by atoms with van der Waals surface area (Å²) < 4.78 is 3.25. The number of hydrogen-bond acceptors (Lipinski definition) is 3. The Balaban J connectivity index is 2.15. The Kier molecular flexibility index (Phi) is 3.16. The highest BCUT2D eigenvalue weighted by Gasteiger charge is 2.01.